The first-order valence-corrected chi connectivity index (χ1v) is 12.7. The van der Waals surface area contributed by atoms with Gasteiger partial charge in [0.15, 0.2) is 0 Å². The molecule has 36 heavy (non-hydrogen) atoms. The Morgan fingerprint density at radius 2 is 1.92 bits per heavy atom. The molecule has 1 aromatic heterocycles. The Morgan fingerprint density at radius 3 is 2.53 bits per heavy atom. The summed E-state index contributed by atoms with van der Waals surface area (Å²) in [6.45, 7) is 11.9. The molecule has 0 saturated carbocycles. The number of hydrogen-bond donors (Lipinski definition) is 2. The maximum absolute atomic E-state index is 13.5. The molecule has 0 saturated heterocycles. The Labute approximate surface area is 217 Å². The van der Waals surface area contributed by atoms with Gasteiger partial charge in [0.1, 0.15) is 10.8 Å². The SMILES string of the molecule is C=C/C=C(/OC(=N)C(C)(N)Cc1ccccc1)c1cccc(C(=O)N(Cc2nc(C)cs2)C(C)C)c1. The highest BCUT2D eigenvalue weighted by atomic mass is 32.1. The Hall–Kier alpha value is -3.55. The molecule has 2 aromatic carbocycles. The van der Waals surface area contributed by atoms with E-state index < -0.39 is 5.54 Å². The molecule has 3 rings (SSSR count). The second kappa shape index (κ2) is 11.9. The van der Waals surface area contributed by atoms with Gasteiger partial charge in [-0.2, -0.15) is 0 Å². The van der Waals surface area contributed by atoms with E-state index in [1.807, 2.05) is 68.6 Å². The Bertz CT molecular complexity index is 1240. The van der Waals surface area contributed by atoms with E-state index in [0.29, 0.717) is 29.9 Å². The summed E-state index contributed by atoms with van der Waals surface area (Å²) in [5.41, 5.74) is 8.61. The molecular formula is C29H34N4O2S. The van der Waals surface area contributed by atoms with Gasteiger partial charge in [0, 0.05) is 28.2 Å². The monoisotopic (exact) mass is 502 g/mol. The number of aromatic nitrogens is 1. The summed E-state index contributed by atoms with van der Waals surface area (Å²) in [4.78, 5) is 19.8. The van der Waals surface area contributed by atoms with E-state index in [-0.39, 0.29) is 17.8 Å². The van der Waals surface area contributed by atoms with Crippen molar-refractivity contribution in [2.24, 2.45) is 5.73 Å². The molecule has 0 fully saturated rings. The van der Waals surface area contributed by atoms with Crippen LogP contribution in [-0.4, -0.2) is 33.3 Å². The lowest BCUT2D eigenvalue weighted by Gasteiger charge is -2.27. The van der Waals surface area contributed by atoms with Gasteiger partial charge in [-0.15, -0.1) is 11.3 Å². The molecular weight excluding hydrogens is 468 g/mol. The summed E-state index contributed by atoms with van der Waals surface area (Å²) < 4.78 is 5.97. The lowest BCUT2D eigenvalue weighted by atomic mass is 9.93. The molecule has 0 radical (unpaired) electrons. The van der Waals surface area contributed by atoms with Gasteiger partial charge in [0.2, 0.25) is 5.90 Å². The number of carbonyl (C=O) groups is 1. The quantitative estimate of drug-likeness (QED) is 0.154. The van der Waals surface area contributed by atoms with Crippen LogP contribution in [-0.2, 0) is 17.7 Å². The van der Waals surface area contributed by atoms with E-state index >= 15 is 0 Å². The van der Waals surface area contributed by atoms with Crippen LogP contribution in [0.1, 0.15) is 53.0 Å². The summed E-state index contributed by atoms with van der Waals surface area (Å²) in [6.07, 6.45) is 3.72. The minimum atomic E-state index is -1.02. The summed E-state index contributed by atoms with van der Waals surface area (Å²) in [6, 6.07) is 17.0. The highest BCUT2D eigenvalue weighted by Gasteiger charge is 2.28. The van der Waals surface area contributed by atoms with Gasteiger partial charge in [-0.1, -0.05) is 55.1 Å². The van der Waals surface area contributed by atoms with Gasteiger partial charge in [-0.05, 0) is 57.9 Å². The number of rotatable bonds is 10. The van der Waals surface area contributed by atoms with Crippen LogP contribution in [0.2, 0.25) is 0 Å². The van der Waals surface area contributed by atoms with Crippen molar-refractivity contribution in [2.75, 3.05) is 0 Å². The highest BCUT2D eigenvalue weighted by Crippen LogP contribution is 2.23. The standard InChI is InChI=1S/C29H34N4O2S/c1-6-11-25(35-28(30)29(5,31)17-22-12-8-7-9-13-22)23-14-10-15-24(16-23)27(34)33(20(2)3)18-26-32-21(4)19-36-26/h6-16,19-20,30H,1,17-18,31H2,2-5H3/b25-11+,30-28?. The number of aryl methyl sites for hydroxylation is 1. The number of nitrogens with two attached hydrogens (primary N) is 1. The number of nitrogens with one attached hydrogen (secondary N) is 1. The zero-order valence-corrected chi connectivity index (χ0v) is 22.1. The lowest BCUT2D eigenvalue weighted by Crippen LogP contribution is -2.47. The van der Waals surface area contributed by atoms with E-state index in [9.17, 15) is 4.79 Å². The van der Waals surface area contributed by atoms with Crippen molar-refractivity contribution in [3.05, 3.63) is 106 Å². The van der Waals surface area contributed by atoms with E-state index in [4.69, 9.17) is 15.9 Å². The van der Waals surface area contributed by atoms with Crippen LogP contribution < -0.4 is 5.73 Å². The van der Waals surface area contributed by atoms with Crippen molar-refractivity contribution in [1.29, 1.82) is 5.41 Å². The fourth-order valence-electron chi connectivity index (χ4n) is 3.70. The Morgan fingerprint density at radius 1 is 1.22 bits per heavy atom. The molecule has 3 aromatic rings. The van der Waals surface area contributed by atoms with Crippen LogP contribution in [0, 0.1) is 12.3 Å². The van der Waals surface area contributed by atoms with E-state index in [0.717, 1.165) is 16.3 Å². The third-order valence-corrected chi connectivity index (χ3v) is 6.62. The minimum absolute atomic E-state index is 0.00564. The topological polar surface area (TPSA) is 92.3 Å². The van der Waals surface area contributed by atoms with Crippen molar-refractivity contribution < 1.29 is 9.53 Å². The lowest BCUT2D eigenvalue weighted by molar-refractivity contribution is 0.0690. The number of ether oxygens (including phenoxy) is 1. The number of hydrogen-bond acceptors (Lipinski definition) is 6. The van der Waals surface area contributed by atoms with Crippen molar-refractivity contribution in [3.8, 4) is 0 Å². The van der Waals surface area contributed by atoms with Gasteiger partial charge in [-0.25, -0.2) is 4.98 Å². The Balaban J connectivity index is 1.82. The van der Waals surface area contributed by atoms with Crippen LogP contribution in [0.3, 0.4) is 0 Å². The second-order valence-electron chi connectivity index (χ2n) is 9.27. The molecule has 0 aliphatic rings. The zero-order chi connectivity index (χ0) is 26.3. The number of carbonyl (C=O) groups excluding carboxylic acids is 1. The van der Waals surface area contributed by atoms with Gasteiger partial charge in [0.05, 0.1) is 12.1 Å². The van der Waals surface area contributed by atoms with E-state index in [1.54, 1.807) is 47.4 Å². The number of nitrogens with zero attached hydrogens (tertiary/aromatic N) is 2. The molecule has 0 bridgehead atoms. The number of allylic oxidation sites excluding steroid dienone is 2. The molecule has 1 atom stereocenters. The average Bonchev–Trinajstić information content (AvgIpc) is 3.26. The maximum atomic E-state index is 13.5. The van der Waals surface area contributed by atoms with Crippen LogP contribution in [0.4, 0.5) is 0 Å². The smallest absolute Gasteiger partial charge is 0.254 e. The van der Waals surface area contributed by atoms with E-state index in [1.165, 1.54) is 0 Å². The second-order valence-corrected chi connectivity index (χ2v) is 10.2. The first-order chi connectivity index (χ1) is 17.1. The fraction of sp³-hybridized carbons (Fsp3) is 0.276. The van der Waals surface area contributed by atoms with Crippen molar-refractivity contribution >= 4 is 28.9 Å². The van der Waals surface area contributed by atoms with Crippen LogP contribution >= 0.6 is 11.3 Å². The first kappa shape index (κ1) is 27.0. The Kier molecular flexibility index (Phi) is 8.96. The van der Waals surface area contributed by atoms with Gasteiger partial charge in [0.25, 0.3) is 5.91 Å². The predicted octanol–water partition coefficient (Wildman–Crippen LogP) is 5.98. The number of benzene rings is 2. The molecule has 0 aliphatic heterocycles. The summed E-state index contributed by atoms with van der Waals surface area (Å²) in [7, 11) is 0. The minimum Gasteiger partial charge on any atom is -0.441 e. The third-order valence-electron chi connectivity index (χ3n) is 5.66. The normalized spacial score (nSPS) is 13.2. The molecule has 1 amide bonds. The summed E-state index contributed by atoms with van der Waals surface area (Å²) in [5, 5.41) is 11.5. The molecule has 1 heterocycles. The molecule has 188 valence electrons. The summed E-state index contributed by atoms with van der Waals surface area (Å²) in [5.74, 6) is 0.237. The average molecular weight is 503 g/mol. The molecule has 0 aliphatic carbocycles. The van der Waals surface area contributed by atoms with Crippen molar-refractivity contribution in [3.63, 3.8) is 0 Å². The largest absolute Gasteiger partial charge is 0.441 e. The van der Waals surface area contributed by atoms with E-state index in [2.05, 4.69) is 11.6 Å². The maximum Gasteiger partial charge on any atom is 0.254 e. The highest BCUT2D eigenvalue weighted by molar-refractivity contribution is 7.09. The van der Waals surface area contributed by atoms with Gasteiger partial charge < -0.3 is 15.4 Å². The van der Waals surface area contributed by atoms with Gasteiger partial charge in [-0.3, -0.25) is 10.2 Å². The van der Waals surface area contributed by atoms with Crippen LogP contribution in [0.5, 0.6) is 0 Å². The molecule has 0 spiro atoms. The van der Waals surface area contributed by atoms with Crippen LogP contribution in [0.15, 0.2) is 78.7 Å². The molecule has 7 heteroatoms. The first-order valence-electron chi connectivity index (χ1n) is 11.9. The molecule has 6 nitrogen and oxygen atoms in total. The fourth-order valence-corrected chi connectivity index (χ4v) is 4.47. The predicted molar refractivity (Wildman–Crippen MR) is 148 cm³/mol. The summed E-state index contributed by atoms with van der Waals surface area (Å²) >= 11 is 1.55. The van der Waals surface area contributed by atoms with Gasteiger partial charge >= 0.3 is 0 Å². The third kappa shape index (κ3) is 6.99. The molecule has 1 unspecified atom stereocenters. The number of amides is 1. The van der Waals surface area contributed by atoms with Crippen LogP contribution in [0.25, 0.3) is 5.76 Å². The number of thiazole rings is 1. The zero-order valence-electron chi connectivity index (χ0n) is 21.3. The van der Waals surface area contributed by atoms with Crippen molar-refractivity contribution in [1.82, 2.24) is 9.88 Å². The molecule has 3 N–H and O–H groups in total. The van der Waals surface area contributed by atoms with Crippen molar-refractivity contribution in [2.45, 2.75) is 52.2 Å².